The summed E-state index contributed by atoms with van der Waals surface area (Å²) in [5.74, 6) is 0. The van der Waals surface area contributed by atoms with Crippen molar-refractivity contribution in [1.29, 1.82) is 0 Å². The van der Waals surface area contributed by atoms with E-state index in [0.717, 1.165) is 0 Å². The van der Waals surface area contributed by atoms with Crippen LogP contribution in [0.2, 0.25) is 0 Å². The molecule has 0 saturated heterocycles. The lowest BCUT2D eigenvalue weighted by molar-refractivity contribution is 1.62. The lowest BCUT2D eigenvalue weighted by atomic mass is 10.1. The first kappa shape index (κ1) is 12.4. The van der Waals surface area contributed by atoms with Gasteiger partial charge in [0, 0.05) is 0 Å². The molecule has 0 spiro atoms. The number of hydrogen-bond acceptors (Lipinski definition) is 1. The van der Waals surface area contributed by atoms with Gasteiger partial charge in [-0.15, -0.1) is 0 Å². The Bertz CT molecular complexity index is 382. The molecule has 0 aliphatic carbocycles. The third-order valence-electron chi connectivity index (χ3n) is 1.88. The second kappa shape index (κ2) is 6.75. The number of thiocarbonyl (C=S) groups is 1. The molecular formula is C14H15NS. The minimum Gasteiger partial charge on any atom is -0.394 e. The lowest BCUT2D eigenvalue weighted by Gasteiger charge is -1.98. The molecule has 2 aromatic carbocycles. The van der Waals surface area contributed by atoms with E-state index in [0.29, 0.717) is 4.99 Å². The van der Waals surface area contributed by atoms with Gasteiger partial charge in [0.2, 0.25) is 0 Å². The Labute approximate surface area is 102 Å². The SMILES string of the molecule is CC(N)=S.c1ccc(-c2ccccc2)cc1. The molecule has 0 atom stereocenters. The molecular weight excluding hydrogens is 214 g/mol. The van der Waals surface area contributed by atoms with Crippen LogP contribution in [-0.4, -0.2) is 4.99 Å². The van der Waals surface area contributed by atoms with E-state index < -0.39 is 0 Å². The van der Waals surface area contributed by atoms with E-state index in [1.54, 1.807) is 6.92 Å². The van der Waals surface area contributed by atoms with Crippen LogP contribution in [-0.2, 0) is 0 Å². The van der Waals surface area contributed by atoms with E-state index in [4.69, 9.17) is 5.73 Å². The average molecular weight is 229 g/mol. The summed E-state index contributed by atoms with van der Waals surface area (Å²) in [6, 6.07) is 20.8. The van der Waals surface area contributed by atoms with Gasteiger partial charge in [-0.1, -0.05) is 72.9 Å². The van der Waals surface area contributed by atoms with Crippen LogP contribution >= 0.6 is 12.2 Å². The highest BCUT2D eigenvalue weighted by Gasteiger charge is 1.91. The fraction of sp³-hybridized carbons (Fsp3) is 0.0714. The normalized spacial score (nSPS) is 8.81. The fourth-order valence-electron chi connectivity index (χ4n) is 1.26. The topological polar surface area (TPSA) is 26.0 Å². The standard InChI is InChI=1S/C12H10.C2H5NS/c1-3-7-11(8-4-1)12-9-5-2-6-10-12;1-2(3)4/h1-10H;1H3,(H2,3,4). The molecule has 1 nitrogen and oxygen atoms in total. The Kier molecular flexibility index (Phi) is 5.23. The molecule has 0 unspecified atom stereocenters. The molecule has 0 saturated carbocycles. The van der Waals surface area contributed by atoms with Crippen LogP contribution in [0.15, 0.2) is 60.7 Å². The van der Waals surface area contributed by atoms with Crippen LogP contribution in [0.25, 0.3) is 11.1 Å². The van der Waals surface area contributed by atoms with Crippen molar-refractivity contribution in [2.24, 2.45) is 5.73 Å². The van der Waals surface area contributed by atoms with Crippen LogP contribution in [0.1, 0.15) is 6.92 Å². The Morgan fingerprint density at radius 2 is 1.06 bits per heavy atom. The molecule has 16 heavy (non-hydrogen) atoms. The summed E-state index contributed by atoms with van der Waals surface area (Å²) in [5.41, 5.74) is 7.39. The zero-order valence-corrected chi connectivity index (χ0v) is 10.1. The van der Waals surface area contributed by atoms with Crippen LogP contribution in [0.4, 0.5) is 0 Å². The molecule has 0 bridgehead atoms. The van der Waals surface area contributed by atoms with Gasteiger partial charge in [-0.2, -0.15) is 0 Å². The molecule has 0 heterocycles. The van der Waals surface area contributed by atoms with E-state index in [1.807, 2.05) is 12.1 Å². The molecule has 2 rings (SSSR count). The molecule has 0 radical (unpaired) electrons. The van der Waals surface area contributed by atoms with Gasteiger partial charge in [0.25, 0.3) is 0 Å². The van der Waals surface area contributed by atoms with Crippen molar-refractivity contribution in [3.8, 4) is 11.1 Å². The molecule has 2 aromatic rings. The average Bonchev–Trinajstić information content (AvgIpc) is 2.31. The molecule has 2 N–H and O–H groups in total. The molecule has 2 heteroatoms. The van der Waals surface area contributed by atoms with E-state index in [-0.39, 0.29) is 0 Å². The van der Waals surface area contributed by atoms with Gasteiger partial charge >= 0.3 is 0 Å². The minimum absolute atomic E-state index is 0.500. The first-order valence-corrected chi connectivity index (χ1v) is 5.47. The smallest absolute Gasteiger partial charge is 0.0695 e. The van der Waals surface area contributed by atoms with Crippen LogP contribution in [0.3, 0.4) is 0 Å². The third kappa shape index (κ3) is 4.71. The quantitative estimate of drug-likeness (QED) is 0.755. The molecule has 0 aliphatic heterocycles. The lowest BCUT2D eigenvalue weighted by Crippen LogP contribution is -1.98. The van der Waals surface area contributed by atoms with Crippen LogP contribution < -0.4 is 5.73 Å². The van der Waals surface area contributed by atoms with Crippen molar-refractivity contribution in [2.45, 2.75) is 6.92 Å². The number of hydrogen-bond donors (Lipinski definition) is 1. The molecule has 0 amide bonds. The highest BCUT2D eigenvalue weighted by atomic mass is 32.1. The van der Waals surface area contributed by atoms with Crippen molar-refractivity contribution in [1.82, 2.24) is 0 Å². The van der Waals surface area contributed by atoms with Crippen LogP contribution in [0, 0.1) is 0 Å². The summed E-state index contributed by atoms with van der Waals surface area (Å²) >= 11 is 4.31. The largest absolute Gasteiger partial charge is 0.394 e. The molecule has 82 valence electrons. The second-order valence-electron chi connectivity index (χ2n) is 3.34. The minimum atomic E-state index is 0.500. The predicted molar refractivity (Wildman–Crippen MR) is 74.3 cm³/mol. The fourth-order valence-corrected chi connectivity index (χ4v) is 1.26. The van der Waals surface area contributed by atoms with Crippen molar-refractivity contribution >= 4 is 17.2 Å². The van der Waals surface area contributed by atoms with Crippen molar-refractivity contribution in [2.75, 3.05) is 0 Å². The predicted octanol–water partition coefficient (Wildman–Crippen LogP) is 3.65. The second-order valence-corrected chi connectivity index (χ2v) is 3.99. The van der Waals surface area contributed by atoms with Gasteiger partial charge < -0.3 is 5.73 Å². The number of rotatable bonds is 1. The van der Waals surface area contributed by atoms with Gasteiger partial charge in [-0.05, 0) is 18.1 Å². The Balaban J connectivity index is 0.000000280. The zero-order valence-electron chi connectivity index (χ0n) is 9.26. The maximum atomic E-state index is 4.84. The van der Waals surface area contributed by atoms with Gasteiger partial charge in [0.15, 0.2) is 0 Å². The third-order valence-corrected chi connectivity index (χ3v) is 1.88. The van der Waals surface area contributed by atoms with E-state index in [9.17, 15) is 0 Å². The Morgan fingerprint density at radius 1 is 0.812 bits per heavy atom. The van der Waals surface area contributed by atoms with E-state index >= 15 is 0 Å². The summed E-state index contributed by atoms with van der Waals surface area (Å²) in [6.07, 6.45) is 0. The Hall–Kier alpha value is -1.67. The summed E-state index contributed by atoms with van der Waals surface area (Å²) in [6.45, 7) is 1.68. The summed E-state index contributed by atoms with van der Waals surface area (Å²) < 4.78 is 0. The number of benzene rings is 2. The highest BCUT2D eigenvalue weighted by molar-refractivity contribution is 7.80. The molecule has 0 aromatic heterocycles. The number of nitrogens with two attached hydrogens (primary N) is 1. The van der Waals surface area contributed by atoms with E-state index in [2.05, 4.69) is 60.7 Å². The molecule has 0 aliphatic rings. The molecule has 0 fully saturated rings. The van der Waals surface area contributed by atoms with Crippen molar-refractivity contribution in [3.63, 3.8) is 0 Å². The first-order valence-electron chi connectivity index (χ1n) is 5.06. The van der Waals surface area contributed by atoms with Gasteiger partial charge in [0.05, 0.1) is 4.99 Å². The zero-order chi connectivity index (χ0) is 11.8. The van der Waals surface area contributed by atoms with Gasteiger partial charge in [-0.3, -0.25) is 0 Å². The summed E-state index contributed by atoms with van der Waals surface area (Å²) in [7, 11) is 0. The van der Waals surface area contributed by atoms with Gasteiger partial charge in [-0.25, -0.2) is 0 Å². The summed E-state index contributed by atoms with van der Waals surface area (Å²) in [5, 5.41) is 0. The first-order chi connectivity index (χ1) is 7.70. The summed E-state index contributed by atoms with van der Waals surface area (Å²) in [4.78, 5) is 0.500. The maximum Gasteiger partial charge on any atom is 0.0695 e. The van der Waals surface area contributed by atoms with Gasteiger partial charge in [0.1, 0.15) is 0 Å². The van der Waals surface area contributed by atoms with Crippen molar-refractivity contribution < 1.29 is 0 Å². The monoisotopic (exact) mass is 229 g/mol. The van der Waals surface area contributed by atoms with E-state index in [1.165, 1.54) is 11.1 Å². The Morgan fingerprint density at radius 3 is 1.31 bits per heavy atom. The highest BCUT2D eigenvalue weighted by Crippen LogP contribution is 2.17. The van der Waals surface area contributed by atoms with Crippen molar-refractivity contribution in [3.05, 3.63) is 60.7 Å². The van der Waals surface area contributed by atoms with Crippen LogP contribution in [0.5, 0.6) is 0 Å². The maximum absolute atomic E-state index is 4.84.